The van der Waals surface area contributed by atoms with Crippen LogP contribution in [0.1, 0.15) is 26.7 Å². The lowest BCUT2D eigenvalue weighted by Gasteiger charge is -2.27. The fourth-order valence-corrected chi connectivity index (χ4v) is 1.48. The molecule has 0 unspecified atom stereocenters. The smallest absolute Gasteiger partial charge is 0.233 e. The summed E-state index contributed by atoms with van der Waals surface area (Å²) >= 11 is 0. The molecule has 0 spiro atoms. The van der Waals surface area contributed by atoms with E-state index in [1.807, 2.05) is 13.8 Å². The van der Waals surface area contributed by atoms with Crippen molar-refractivity contribution in [2.24, 2.45) is 11.1 Å². The first-order valence-corrected chi connectivity index (χ1v) is 5.10. The zero-order chi connectivity index (χ0) is 11.3. The number of hydrogen-bond donors (Lipinski definition) is 2. The topological polar surface area (TPSA) is 81.2 Å². The highest BCUT2D eigenvalue weighted by Gasteiger charge is 2.33. The summed E-state index contributed by atoms with van der Waals surface area (Å²) < 4.78 is 4.63. The second-order valence-corrected chi connectivity index (χ2v) is 3.53. The summed E-state index contributed by atoms with van der Waals surface area (Å²) in [6, 6.07) is 1.60. The third kappa shape index (κ3) is 2.36. The standard InChI is InChI=1S/C10H17N3O2/c1-3-10(4-2,7-11)9(14)12-8-5-6-15-13-8/h5-6H,3-4,7,11H2,1-2H3,(H,12,13,14). The van der Waals surface area contributed by atoms with E-state index in [-0.39, 0.29) is 5.91 Å². The van der Waals surface area contributed by atoms with E-state index in [2.05, 4.69) is 15.0 Å². The molecular weight excluding hydrogens is 194 g/mol. The van der Waals surface area contributed by atoms with Crippen LogP contribution >= 0.6 is 0 Å². The molecule has 0 radical (unpaired) electrons. The van der Waals surface area contributed by atoms with Gasteiger partial charge in [0, 0.05) is 12.6 Å². The van der Waals surface area contributed by atoms with E-state index in [9.17, 15) is 4.79 Å². The number of nitrogens with one attached hydrogen (secondary N) is 1. The zero-order valence-corrected chi connectivity index (χ0v) is 9.12. The maximum absolute atomic E-state index is 12.0. The molecule has 15 heavy (non-hydrogen) atoms. The van der Waals surface area contributed by atoms with Crippen LogP contribution in [0.4, 0.5) is 5.82 Å². The summed E-state index contributed by atoms with van der Waals surface area (Å²) in [4.78, 5) is 12.0. The summed E-state index contributed by atoms with van der Waals surface area (Å²) in [7, 11) is 0. The molecule has 5 heteroatoms. The molecule has 1 amide bonds. The van der Waals surface area contributed by atoms with Gasteiger partial charge in [-0.2, -0.15) is 0 Å². The van der Waals surface area contributed by atoms with E-state index in [1.54, 1.807) is 6.07 Å². The summed E-state index contributed by atoms with van der Waals surface area (Å²) in [5.74, 6) is 0.337. The minimum atomic E-state index is -0.501. The van der Waals surface area contributed by atoms with E-state index < -0.39 is 5.41 Å². The molecule has 0 saturated carbocycles. The normalized spacial score (nSPS) is 11.4. The molecule has 0 saturated heterocycles. The van der Waals surface area contributed by atoms with E-state index >= 15 is 0 Å². The maximum atomic E-state index is 12.0. The van der Waals surface area contributed by atoms with Gasteiger partial charge in [0.25, 0.3) is 0 Å². The molecule has 0 bridgehead atoms. The van der Waals surface area contributed by atoms with Crippen LogP contribution in [0, 0.1) is 5.41 Å². The van der Waals surface area contributed by atoms with Crippen molar-refractivity contribution in [3.63, 3.8) is 0 Å². The SMILES string of the molecule is CCC(CC)(CN)C(=O)Nc1ccon1. The van der Waals surface area contributed by atoms with Gasteiger partial charge in [-0.1, -0.05) is 19.0 Å². The molecule has 0 aromatic carbocycles. The Labute approximate surface area is 89.0 Å². The van der Waals surface area contributed by atoms with Gasteiger partial charge in [0.1, 0.15) is 6.26 Å². The number of carbonyl (C=O) groups is 1. The average molecular weight is 211 g/mol. The average Bonchev–Trinajstić information content (AvgIpc) is 2.74. The van der Waals surface area contributed by atoms with Gasteiger partial charge >= 0.3 is 0 Å². The predicted molar refractivity (Wildman–Crippen MR) is 57.2 cm³/mol. The Kier molecular flexibility index (Phi) is 3.85. The number of carbonyl (C=O) groups excluding carboxylic acids is 1. The van der Waals surface area contributed by atoms with Crippen molar-refractivity contribution < 1.29 is 9.32 Å². The molecule has 0 fully saturated rings. The van der Waals surface area contributed by atoms with Gasteiger partial charge in [0.2, 0.25) is 5.91 Å². The minimum absolute atomic E-state index is 0.0936. The monoisotopic (exact) mass is 211 g/mol. The number of nitrogens with zero attached hydrogens (tertiary/aromatic N) is 1. The van der Waals surface area contributed by atoms with Gasteiger partial charge in [0.05, 0.1) is 5.41 Å². The molecule has 1 heterocycles. The first kappa shape index (κ1) is 11.7. The van der Waals surface area contributed by atoms with Crippen LogP contribution in [-0.4, -0.2) is 17.6 Å². The van der Waals surface area contributed by atoms with Gasteiger partial charge in [-0.25, -0.2) is 0 Å². The van der Waals surface area contributed by atoms with Crippen molar-refractivity contribution in [1.82, 2.24) is 5.16 Å². The number of hydrogen-bond acceptors (Lipinski definition) is 4. The van der Waals surface area contributed by atoms with Crippen molar-refractivity contribution in [3.05, 3.63) is 12.3 Å². The highest BCUT2D eigenvalue weighted by atomic mass is 16.5. The van der Waals surface area contributed by atoms with E-state index in [0.717, 1.165) is 0 Å². The van der Waals surface area contributed by atoms with E-state index in [0.29, 0.717) is 25.2 Å². The Morgan fingerprint density at radius 3 is 2.67 bits per heavy atom. The molecule has 1 aromatic heterocycles. The summed E-state index contributed by atoms with van der Waals surface area (Å²) in [5.41, 5.74) is 5.15. The minimum Gasteiger partial charge on any atom is -0.363 e. The highest BCUT2D eigenvalue weighted by Crippen LogP contribution is 2.26. The molecule has 5 nitrogen and oxygen atoms in total. The lowest BCUT2D eigenvalue weighted by atomic mass is 9.81. The Morgan fingerprint density at radius 1 is 1.60 bits per heavy atom. The van der Waals surface area contributed by atoms with Crippen LogP contribution in [0.3, 0.4) is 0 Å². The van der Waals surface area contributed by atoms with E-state index in [1.165, 1.54) is 6.26 Å². The lowest BCUT2D eigenvalue weighted by molar-refractivity contribution is -0.125. The van der Waals surface area contributed by atoms with Crippen LogP contribution in [0.2, 0.25) is 0 Å². The first-order chi connectivity index (χ1) is 7.18. The first-order valence-electron chi connectivity index (χ1n) is 5.10. The zero-order valence-electron chi connectivity index (χ0n) is 9.12. The van der Waals surface area contributed by atoms with Crippen molar-refractivity contribution in [2.75, 3.05) is 11.9 Å². The highest BCUT2D eigenvalue weighted by molar-refractivity contribution is 5.94. The molecule has 1 rings (SSSR count). The fourth-order valence-electron chi connectivity index (χ4n) is 1.48. The third-order valence-corrected chi connectivity index (χ3v) is 2.91. The van der Waals surface area contributed by atoms with E-state index in [4.69, 9.17) is 5.73 Å². The fraction of sp³-hybridized carbons (Fsp3) is 0.600. The molecule has 0 aliphatic carbocycles. The maximum Gasteiger partial charge on any atom is 0.233 e. The Hall–Kier alpha value is -1.36. The Bertz CT molecular complexity index is 296. The molecule has 0 aliphatic heterocycles. The quantitative estimate of drug-likeness (QED) is 0.770. The lowest BCUT2D eigenvalue weighted by Crippen LogP contribution is -2.41. The van der Waals surface area contributed by atoms with Crippen molar-refractivity contribution in [2.45, 2.75) is 26.7 Å². The molecule has 3 N–H and O–H groups in total. The van der Waals surface area contributed by atoms with Crippen molar-refractivity contribution in [1.29, 1.82) is 0 Å². The van der Waals surface area contributed by atoms with Gasteiger partial charge in [0.15, 0.2) is 5.82 Å². The largest absolute Gasteiger partial charge is 0.363 e. The van der Waals surface area contributed by atoms with Gasteiger partial charge in [-0.15, -0.1) is 0 Å². The van der Waals surface area contributed by atoms with Crippen molar-refractivity contribution >= 4 is 11.7 Å². The summed E-state index contributed by atoms with van der Waals surface area (Å²) in [5, 5.41) is 6.32. The Morgan fingerprint density at radius 2 is 2.27 bits per heavy atom. The predicted octanol–water partition coefficient (Wildman–Crippen LogP) is 1.38. The number of aromatic nitrogens is 1. The van der Waals surface area contributed by atoms with Gasteiger partial charge in [-0.3, -0.25) is 4.79 Å². The second-order valence-electron chi connectivity index (χ2n) is 3.53. The molecule has 84 valence electrons. The number of anilines is 1. The van der Waals surface area contributed by atoms with Crippen molar-refractivity contribution in [3.8, 4) is 0 Å². The second kappa shape index (κ2) is 4.93. The molecule has 0 aliphatic rings. The third-order valence-electron chi connectivity index (χ3n) is 2.91. The van der Waals surface area contributed by atoms with Crippen LogP contribution in [0.25, 0.3) is 0 Å². The number of rotatable bonds is 5. The van der Waals surface area contributed by atoms with Crippen LogP contribution < -0.4 is 11.1 Å². The van der Waals surface area contributed by atoms with Crippen LogP contribution in [0.5, 0.6) is 0 Å². The van der Waals surface area contributed by atoms with Gasteiger partial charge < -0.3 is 15.6 Å². The number of amides is 1. The number of nitrogens with two attached hydrogens (primary N) is 1. The summed E-state index contributed by atoms with van der Waals surface area (Å²) in [6.45, 7) is 4.25. The Balaban J connectivity index is 2.73. The molecular formula is C10H17N3O2. The van der Waals surface area contributed by atoms with Crippen LogP contribution in [0.15, 0.2) is 16.9 Å². The molecule has 1 aromatic rings. The summed E-state index contributed by atoms with van der Waals surface area (Å²) in [6.07, 6.45) is 2.84. The van der Waals surface area contributed by atoms with Gasteiger partial charge in [-0.05, 0) is 12.8 Å². The van der Waals surface area contributed by atoms with Crippen LogP contribution in [-0.2, 0) is 4.79 Å². The molecule has 0 atom stereocenters.